The van der Waals surface area contributed by atoms with Gasteiger partial charge in [0.25, 0.3) is 0 Å². The van der Waals surface area contributed by atoms with Crippen molar-refractivity contribution in [2.75, 3.05) is 13.3 Å². The molecule has 0 spiro atoms. The van der Waals surface area contributed by atoms with Crippen LogP contribution in [0.2, 0.25) is 0 Å². The van der Waals surface area contributed by atoms with Gasteiger partial charge >= 0.3 is 0 Å². The van der Waals surface area contributed by atoms with Crippen molar-refractivity contribution in [2.45, 2.75) is 11.8 Å². The molecule has 0 fully saturated rings. The van der Waals surface area contributed by atoms with Crippen LogP contribution >= 0.6 is 21.6 Å². The highest BCUT2D eigenvalue weighted by Gasteiger charge is 2.06. The molecular formula is C13H14OS2. The van der Waals surface area contributed by atoms with Crippen molar-refractivity contribution < 1.29 is 8.85 Å². The second-order valence-corrected chi connectivity index (χ2v) is 5.25. The predicted octanol–water partition coefficient (Wildman–Crippen LogP) is 4.53. The Hall–Kier alpha value is -0.800. The summed E-state index contributed by atoms with van der Waals surface area (Å²) in [6.07, 6.45) is -2.00. The number of ether oxygens (including phenoxy) is 1. The summed E-state index contributed by atoms with van der Waals surface area (Å²) in [7, 11) is 3.82. The smallest absolute Gasteiger partial charge is 0.126 e. The molecule has 0 unspecified atom stereocenters. The normalized spacial score (nSPS) is 14.2. The van der Waals surface area contributed by atoms with Gasteiger partial charge in [0.05, 0.1) is 7.11 Å². The van der Waals surface area contributed by atoms with Gasteiger partial charge in [0.1, 0.15) is 5.75 Å². The van der Waals surface area contributed by atoms with Gasteiger partial charge in [0.2, 0.25) is 0 Å². The molecule has 0 aliphatic heterocycles. The van der Waals surface area contributed by atoms with Crippen LogP contribution in [0.1, 0.15) is 9.68 Å². The van der Waals surface area contributed by atoms with Crippen LogP contribution in [-0.4, -0.2) is 13.3 Å². The minimum absolute atomic E-state index is 0.804. The van der Waals surface area contributed by atoms with E-state index in [1.807, 2.05) is 31.2 Å². The van der Waals surface area contributed by atoms with E-state index < -0.39 is 6.18 Å². The predicted molar refractivity (Wildman–Crippen MR) is 74.6 cm³/mol. The molecule has 1 nitrogen and oxygen atoms in total. The fourth-order valence-corrected chi connectivity index (χ4v) is 2.88. The molecule has 84 valence electrons. The molecule has 0 aliphatic carbocycles. The number of methoxy groups -OCH3 is 1. The van der Waals surface area contributed by atoms with E-state index in [0.717, 1.165) is 37.8 Å². The minimum Gasteiger partial charge on any atom is -0.496 e. The molecule has 2 aromatic rings. The van der Waals surface area contributed by atoms with Crippen molar-refractivity contribution in [1.29, 1.82) is 0 Å². The summed E-state index contributed by atoms with van der Waals surface area (Å²) in [5, 5.41) is 2.03. The van der Waals surface area contributed by atoms with Gasteiger partial charge in [-0.25, -0.2) is 0 Å². The molecule has 0 radical (unpaired) electrons. The largest absolute Gasteiger partial charge is 0.496 e. The van der Waals surface area contributed by atoms with Crippen molar-refractivity contribution in [3.05, 3.63) is 35.9 Å². The van der Waals surface area contributed by atoms with Gasteiger partial charge in [-0.2, -0.15) is 0 Å². The maximum Gasteiger partial charge on any atom is 0.126 e. The molecule has 0 aliphatic rings. The van der Waals surface area contributed by atoms with E-state index in [4.69, 9.17) is 8.85 Å². The fraction of sp³-hybridized carbons (Fsp3) is 0.231. The Morgan fingerprint density at radius 1 is 1.31 bits per heavy atom. The highest BCUT2D eigenvalue weighted by Crippen LogP contribution is 2.38. The summed E-state index contributed by atoms with van der Waals surface area (Å²) >= 11 is 0. The molecule has 0 saturated heterocycles. The third-order valence-corrected chi connectivity index (χ3v) is 3.85. The highest BCUT2D eigenvalue weighted by molar-refractivity contribution is 8.76. The van der Waals surface area contributed by atoms with E-state index in [9.17, 15) is 0 Å². The highest BCUT2D eigenvalue weighted by atomic mass is 33.1. The van der Waals surface area contributed by atoms with E-state index >= 15 is 0 Å². The number of hydrogen-bond donors (Lipinski definition) is 0. The lowest BCUT2D eigenvalue weighted by Crippen LogP contribution is -1.86. The number of hydrogen-bond acceptors (Lipinski definition) is 3. The molecule has 2 rings (SSSR count). The van der Waals surface area contributed by atoms with Crippen LogP contribution in [0.15, 0.2) is 35.2 Å². The summed E-state index contributed by atoms with van der Waals surface area (Å²) < 4.78 is 27.1. The van der Waals surface area contributed by atoms with Crippen molar-refractivity contribution >= 4 is 32.4 Å². The average molecular weight is 252 g/mol. The van der Waals surface area contributed by atoms with E-state index in [1.54, 1.807) is 7.11 Å². The Morgan fingerprint density at radius 3 is 2.94 bits per heavy atom. The standard InChI is InChI=1S/C13H14OS2/c1-9-4-5-10-11(8-9)13(16-15-3)7-6-12(10)14-2/h4-8H,1-3H3/i3+1DH2. The van der Waals surface area contributed by atoms with Gasteiger partial charge < -0.3 is 4.74 Å². The van der Waals surface area contributed by atoms with E-state index in [1.165, 1.54) is 10.8 Å². The molecule has 3 heteroatoms. The molecule has 0 aromatic heterocycles. The quantitative estimate of drug-likeness (QED) is 0.587. The SMILES string of the molecule is [1H][13C]([1H])([2H])SSc1ccc(OC)c2ccc(C)cc12. The number of fused-ring (bicyclic) bond motifs is 1. The Morgan fingerprint density at radius 2 is 2.19 bits per heavy atom. The van der Waals surface area contributed by atoms with Crippen molar-refractivity contribution in [3.63, 3.8) is 0 Å². The number of rotatable bonds is 3. The summed E-state index contributed by atoms with van der Waals surface area (Å²) in [6, 6.07) is 9.87. The van der Waals surface area contributed by atoms with Crippen LogP contribution < -0.4 is 4.74 Å². The molecular weight excluding hydrogens is 237 g/mol. The molecule has 0 heterocycles. The maximum absolute atomic E-state index is 7.26. The number of aryl methyl sites for hydroxylation is 1. The van der Waals surface area contributed by atoms with E-state index in [-0.39, 0.29) is 0 Å². The Kier molecular flexibility index (Phi) is 2.61. The topological polar surface area (TPSA) is 9.23 Å². The third-order valence-electron chi connectivity index (χ3n) is 2.44. The molecule has 0 saturated carbocycles. The lowest BCUT2D eigenvalue weighted by Gasteiger charge is -2.09. The lowest BCUT2D eigenvalue weighted by molar-refractivity contribution is 0.419. The molecule has 2 aromatic carbocycles. The minimum atomic E-state index is -2.00. The van der Waals surface area contributed by atoms with Crippen LogP contribution in [0.25, 0.3) is 10.8 Å². The Balaban J connectivity index is 2.47. The maximum atomic E-state index is 7.26. The van der Waals surface area contributed by atoms with Gasteiger partial charge in [0.15, 0.2) is 0 Å². The molecule has 0 amide bonds. The van der Waals surface area contributed by atoms with Crippen LogP contribution in [0.5, 0.6) is 5.75 Å². The Labute approximate surface area is 108 Å². The second-order valence-electron chi connectivity index (χ2n) is 3.48. The molecule has 0 N–H and O–H groups in total. The average Bonchev–Trinajstić information content (AvgIpc) is 2.34. The first kappa shape index (κ1) is 8.31. The zero-order valence-corrected chi connectivity index (χ0v) is 10.7. The first-order valence-corrected chi connectivity index (χ1v) is 6.99. The van der Waals surface area contributed by atoms with Gasteiger partial charge in [-0.1, -0.05) is 45.4 Å². The van der Waals surface area contributed by atoms with Gasteiger partial charge in [-0.15, -0.1) is 0 Å². The van der Waals surface area contributed by atoms with Crippen molar-refractivity contribution in [2.24, 2.45) is 0 Å². The van der Waals surface area contributed by atoms with Crippen LogP contribution in [0.4, 0.5) is 0 Å². The van der Waals surface area contributed by atoms with Crippen LogP contribution in [-0.2, 0) is 0 Å². The van der Waals surface area contributed by atoms with Crippen LogP contribution in [0.3, 0.4) is 0 Å². The molecule has 16 heavy (non-hydrogen) atoms. The summed E-state index contributed by atoms with van der Waals surface area (Å²) in [6.45, 7) is 2.02. The zero-order chi connectivity index (χ0) is 14.0. The van der Waals surface area contributed by atoms with Gasteiger partial charge in [0, 0.05) is 19.8 Å². The zero-order valence-electron chi connectivity index (χ0n) is 12.1. The summed E-state index contributed by atoms with van der Waals surface area (Å²) in [4.78, 5) is 0.945. The van der Waals surface area contributed by atoms with E-state index in [0.29, 0.717) is 0 Å². The van der Waals surface area contributed by atoms with Crippen molar-refractivity contribution in [1.82, 2.24) is 0 Å². The third kappa shape index (κ3) is 2.15. The second kappa shape index (κ2) is 5.02. The van der Waals surface area contributed by atoms with Crippen LogP contribution in [0, 0.1) is 6.92 Å². The first-order valence-electron chi connectivity index (χ1n) is 6.34. The van der Waals surface area contributed by atoms with Gasteiger partial charge in [-0.05, 0) is 25.2 Å². The monoisotopic (exact) mass is 252 g/mol. The van der Waals surface area contributed by atoms with Crippen molar-refractivity contribution in [3.8, 4) is 5.75 Å². The fourth-order valence-electron chi connectivity index (χ4n) is 1.70. The summed E-state index contributed by atoms with van der Waals surface area (Å²) in [5.74, 6) is 0.804. The lowest BCUT2D eigenvalue weighted by atomic mass is 10.1. The molecule has 0 bridgehead atoms. The van der Waals surface area contributed by atoms with E-state index in [2.05, 4.69) is 6.07 Å². The van der Waals surface area contributed by atoms with Gasteiger partial charge in [-0.3, -0.25) is 0 Å². The number of benzene rings is 2. The molecule has 0 atom stereocenters. The summed E-state index contributed by atoms with van der Waals surface area (Å²) in [5.41, 5.74) is 1.14. The first-order chi connectivity index (χ1) is 8.90. The Bertz CT molecular complexity index is 596.